The summed E-state index contributed by atoms with van der Waals surface area (Å²) in [4.78, 5) is 3.44. The van der Waals surface area contributed by atoms with E-state index < -0.39 is 11.5 Å². The van der Waals surface area contributed by atoms with Crippen molar-refractivity contribution in [3.8, 4) is 5.75 Å². The van der Waals surface area contributed by atoms with Crippen molar-refractivity contribution in [2.24, 2.45) is 0 Å². The van der Waals surface area contributed by atoms with E-state index in [0.717, 1.165) is 0 Å². The molecule has 0 bridgehead atoms. The Labute approximate surface area is 82.5 Å². The van der Waals surface area contributed by atoms with E-state index in [4.69, 9.17) is 4.74 Å². The van der Waals surface area contributed by atoms with Gasteiger partial charge in [-0.25, -0.2) is 4.98 Å². The van der Waals surface area contributed by atoms with Gasteiger partial charge in [-0.2, -0.15) is 4.39 Å². The smallest absolute Gasteiger partial charge is 0.213 e. The molecule has 0 saturated carbocycles. The van der Waals surface area contributed by atoms with Crippen LogP contribution in [0.3, 0.4) is 0 Å². The zero-order valence-corrected chi connectivity index (χ0v) is 8.33. The number of pyridine rings is 1. The Morgan fingerprint density at radius 2 is 2.21 bits per heavy atom. The van der Waals surface area contributed by atoms with Crippen LogP contribution in [0.15, 0.2) is 18.3 Å². The lowest BCUT2D eigenvalue weighted by Gasteiger charge is -2.16. The summed E-state index contributed by atoms with van der Waals surface area (Å²) in [5.41, 5.74) is -0.743. The van der Waals surface area contributed by atoms with Crippen molar-refractivity contribution in [2.75, 3.05) is 6.61 Å². The highest BCUT2D eigenvalue weighted by atomic mass is 19.1. The largest absolute Gasteiger partial charge is 0.492 e. The van der Waals surface area contributed by atoms with Gasteiger partial charge in [0.15, 0.2) is 0 Å². The van der Waals surface area contributed by atoms with Crippen molar-refractivity contribution in [1.82, 2.24) is 4.98 Å². The van der Waals surface area contributed by atoms with Crippen molar-refractivity contribution >= 4 is 0 Å². The van der Waals surface area contributed by atoms with Gasteiger partial charge in [0, 0.05) is 6.42 Å². The summed E-state index contributed by atoms with van der Waals surface area (Å²) in [7, 11) is 0. The highest BCUT2D eigenvalue weighted by molar-refractivity contribution is 5.15. The van der Waals surface area contributed by atoms with E-state index >= 15 is 0 Å². The predicted octanol–water partition coefficient (Wildman–Crippen LogP) is 1.76. The van der Waals surface area contributed by atoms with Crippen LogP contribution in [-0.2, 0) is 0 Å². The second kappa shape index (κ2) is 4.37. The van der Waals surface area contributed by atoms with E-state index in [2.05, 4.69) is 4.98 Å². The molecule has 0 saturated heterocycles. The Morgan fingerprint density at radius 3 is 2.71 bits per heavy atom. The number of ether oxygens (including phenoxy) is 1. The van der Waals surface area contributed by atoms with Crippen molar-refractivity contribution in [1.29, 1.82) is 0 Å². The van der Waals surface area contributed by atoms with Crippen molar-refractivity contribution < 1.29 is 14.2 Å². The summed E-state index contributed by atoms with van der Waals surface area (Å²) in [6, 6.07) is 2.74. The maximum absolute atomic E-state index is 12.4. The normalized spacial score (nSPS) is 11.4. The second-order valence-electron chi connectivity index (χ2n) is 3.73. The van der Waals surface area contributed by atoms with Gasteiger partial charge in [0.1, 0.15) is 5.75 Å². The lowest BCUT2D eigenvalue weighted by Crippen LogP contribution is -2.21. The lowest BCUT2D eigenvalue weighted by molar-refractivity contribution is 0.0552. The van der Waals surface area contributed by atoms with Crippen LogP contribution >= 0.6 is 0 Å². The first-order chi connectivity index (χ1) is 6.47. The van der Waals surface area contributed by atoms with Crippen LogP contribution < -0.4 is 4.74 Å². The molecule has 1 aromatic rings. The standard InChI is InChI=1S/C10H14FNO2/c1-10(2,13)5-6-14-8-3-4-9(11)12-7-8/h3-4,7,13H,5-6H2,1-2H3. The van der Waals surface area contributed by atoms with Gasteiger partial charge >= 0.3 is 0 Å². The van der Waals surface area contributed by atoms with Gasteiger partial charge in [-0.3, -0.25) is 0 Å². The average Bonchev–Trinajstić information content (AvgIpc) is 2.06. The zero-order chi connectivity index (χ0) is 10.6. The van der Waals surface area contributed by atoms with Crippen LogP contribution in [0.5, 0.6) is 5.75 Å². The monoisotopic (exact) mass is 199 g/mol. The Bertz CT molecular complexity index is 279. The Hall–Kier alpha value is -1.16. The topological polar surface area (TPSA) is 42.4 Å². The molecular weight excluding hydrogens is 185 g/mol. The van der Waals surface area contributed by atoms with E-state index in [-0.39, 0.29) is 0 Å². The molecule has 0 aromatic carbocycles. The molecule has 0 aliphatic carbocycles. The summed E-state index contributed by atoms with van der Waals surface area (Å²) in [5.74, 6) is -0.0181. The third kappa shape index (κ3) is 4.18. The SMILES string of the molecule is CC(C)(O)CCOc1ccc(F)nc1. The van der Waals surface area contributed by atoms with E-state index in [1.54, 1.807) is 13.8 Å². The third-order valence-corrected chi connectivity index (χ3v) is 1.68. The van der Waals surface area contributed by atoms with E-state index in [1.165, 1.54) is 18.3 Å². The second-order valence-corrected chi connectivity index (χ2v) is 3.73. The molecule has 1 rings (SSSR count). The molecule has 14 heavy (non-hydrogen) atoms. The number of hydrogen-bond donors (Lipinski definition) is 1. The van der Waals surface area contributed by atoms with Crippen molar-refractivity contribution in [3.05, 3.63) is 24.3 Å². The highest BCUT2D eigenvalue weighted by Gasteiger charge is 2.11. The molecule has 78 valence electrons. The summed E-state index contributed by atoms with van der Waals surface area (Å²) < 4.78 is 17.6. The number of rotatable bonds is 4. The fraction of sp³-hybridized carbons (Fsp3) is 0.500. The minimum atomic E-state index is -0.743. The minimum Gasteiger partial charge on any atom is -0.492 e. The fourth-order valence-corrected chi connectivity index (χ4v) is 0.866. The number of halogens is 1. The first-order valence-corrected chi connectivity index (χ1v) is 4.44. The maximum Gasteiger partial charge on any atom is 0.213 e. The first-order valence-electron chi connectivity index (χ1n) is 4.44. The highest BCUT2D eigenvalue weighted by Crippen LogP contribution is 2.11. The summed E-state index contributed by atoms with van der Waals surface area (Å²) in [6.45, 7) is 3.80. The van der Waals surface area contributed by atoms with Crippen LogP contribution in [0.4, 0.5) is 4.39 Å². The van der Waals surface area contributed by atoms with Crippen LogP contribution in [0.25, 0.3) is 0 Å². The van der Waals surface area contributed by atoms with E-state index in [0.29, 0.717) is 18.8 Å². The van der Waals surface area contributed by atoms with Crippen LogP contribution in [0, 0.1) is 5.95 Å². The molecule has 1 N–H and O–H groups in total. The minimum absolute atomic E-state index is 0.386. The summed E-state index contributed by atoms with van der Waals surface area (Å²) in [6.07, 6.45) is 1.84. The lowest BCUT2D eigenvalue weighted by atomic mass is 10.1. The molecule has 4 heteroatoms. The van der Waals surface area contributed by atoms with Gasteiger partial charge in [-0.05, 0) is 26.0 Å². The number of hydrogen-bond acceptors (Lipinski definition) is 3. The van der Waals surface area contributed by atoms with Gasteiger partial charge in [-0.15, -0.1) is 0 Å². The molecule has 0 aliphatic rings. The number of aliphatic hydroxyl groups is 1. The van der Waals surface area contributed by atoms with Crippen LogP contribution in [-0.4, -0.2) is 22.3 Å². The van der Waals surface area contributed by atoms with E-state index in [1.807, 2.05) is 0 Å². The Balaban J connectivity index is 2.35. The summed E-state index contributed by atoms with van der Waals surface area (Å²) in [5, 5.41) is 9.38. The van der Waals surface area contributed by atoms with Gasteiger partial charge in [0.05, 0.1) is 18.4 Å². The zero-order valence-electron chi connectivity index (χ0n) is 8.33. The van der Waals surface area contributed by atoms with Gasteiger partial charge in [0.2, 0.25) is 5.95 Å². The van der Waals surface area contributed by atoms with Gasteiger partial charge in [0.25, 0.3) is 0 Å². The van der Waals surface area contributed by atoms with Gasteiger partial charge in [-0.1, -0.05) is 0 Å². The molecule has 3 nitrogen and oxygen atoms in total. The van der Waals surface area contributed by atoms with E-state index in [9.17, 15) is 9.50 Å². The fourth-order valence-electron chi connectivity index (χ4n) is 0.866. The average molecular weight is 199 g/mol. The third-order valence-electron chi connectivity index (χ3n) is 1.68. The Morgan fingerprint density at radius 1 is 1.50 bits per heavy atom. The molecule has 0 aliphatic heterocycles. The quantitative estimate of drug-likeness (QED) is 0.751. The van der Waals surface area contributed by atoms with Crippen molar-refractivity contribution in [2.45, 2.75) is 25.9 Å². The molecule has 0 fully saturated rings. The molecule has 0 unspecified atom stereocenters. The van der Waals surface area contributed by atoms with Gasteiger partial charge < -0.3 is 9.84 Å². The van der Waals surface area contributed by atoms with Crippen molar-refractivity contribution in [3.63, 3.8) is 0 Å². The first kappa shape index (κ1) is 10.9. The molecular formula is C10H14FNO2. The molecule has 0 amide bonds. The Kier molecular flexibility index (Phi) is 3.41. The molecule has 0 atom stereocenters. The predicted molar refractivity (Wildman–Crippen MR) is 50.6 cm³/mol. The number of nitrogens with zero attached hydrogens (tertiary/aromatic N) is 1. The maximum atomic E-state index is 12.4. The molecule has 1 aromatic heterocycles. The summed E-state index contributed by atoms with van der Waals surface area (Å²) >= 11 is 0. The van der Waals surface area contributed by atoms with Crippen LogP contribution in [0.2, 0.25) is 0 Å². The van der Waals surface area contributed by atoms with Crippen LogP contribution in [0.1, 0.15) is 20.3 Å². The number of aromatic nitrogens is 1. The molecule has 1 heterocycles. The molecule has 0 radical (unpaired) electrons. The molecule has 0 spiro atoms.